The van der Waals surface area contributed by atoms with Gasteiger partial charge in [-0.2, -0.15) is 0 Å². The topological polar surface area (TPSA) is 6.48 Å². The molecule has 6 aromatic rings. The van der Waals surface area contributed by atoms with Gasteiger partial charge in [-0.15, -0.1) is 0 Å². The molecule has 3 aliphatic carbocycles. The van der Waals surface area contributed by atoms with Crippen molar-refractivity contribution in [1.29, 1.82) is 0 Å². The number of nitrogens with zero attached hydrogens (tertiary/aromatic N) is 2. The largest absolute Gasteiger partial charge is 0.334 e. The number of anilines is 4. The molecule has 1 aliphatic heterocycles. The van der Waals surface area contributed by atoms with Crippen molar-refractivity contribution >= 4 is 28.3 Å². The first-order valence-corrected chi connectivity index (χ1v) is 19.0. The van der Waals surface area contributed by atoms with Crippen LogP contribution in [0.25, 0.3) is 27.8 Å². The molecular weight excluding hydrogens is 641 g/mol. The zero-order chi connectivity index (χ0) is 35.5. The lowest BCUT2D eigenvalue weighted by Crippen LogP contribution is -2.30. The van der Waals surface area contributed by atoms with Crippen molar-refractivity contribution in [2.45, 2.75) is 43.7 Å². The van der Waals surface area contributed by atoms with Crippen LogP contribution in [0.1, 0.15) is 48.4 Å². The van der Waals surface area contributed by atoms with Crippen LogP contribution >= 0.6 is 0 Å². The standard InChI is InChI=1S/C51H42N2/c1-51(2)47-22-11-9-20-43(47)44-30-29-42(34-48(44)51)52(41-19-13-16-37(32-41)35-14-5-3-6-15-35)40-27-24-36(25-28-40)38-26-31-50-46(33-38)45-21-10-12-23-49(45)53(50)39-17-7-4-8-18-39/h3-18,20-34,41,45,49H,19H2,1-2H3. The summed E-state index contributed by atoms with van der Waals surface area (Å²) in [7, 11) is 0. The lowest BCUT2D eigenvalue weighted by atomic mass is 9.82. The first-order valence-electron chi connectivity index (χ1n) is 19.0. The van der Waals surface area contributed by atoms with E-state index < -0.39 is 0 Å². The third kappa shape index (κ3) is 5.24. The second kappa shape index (κ2) is 12.5. The van der Waals surface area contributed by atoms with E-state index in [0.717, 1.165) is 6.42 Å². The highest BCUT2D eigenvalue weighted by molar-refractivity contribution is 5.85. The number of benzene rings is 6. The molecule has 0 radical (unpaired) electrons. The molecule has 0 N–H and O–H groups in total. The number of hydrogen-bond donors (Lipinski definition) is 0. The Bertz CT molecular complexity index is 2460. The van der Waals surface area contributed by atoms with Gasteiger partial charge >= 0.3 is 0 Å². The lowest BCUT2D eigenvalue weighted by Gasteiger charge is -2.34. The molecule has 10 rings (SSSR count). The Morgan fingerprint density at radius 3 is 2.13 bits per heavy atom. The Morgan fingerprint density at radius 2 is 1.30 bits per heavy atom. The van der Waals surface area contributed by atoms with Gasteiger partial charge < -0.3 is 9.80 Å². The van der Waals surface area contributed by atoms with Gasteiger partial charge in [-0.1, -0.05) is 153 Å². The van der Waals surface area contributed by atoms with Gasteiger partial charge in [0.25, 0.3) is 0 Å². The lowest BCUT2D eigenvalue weighted by molar-refractivity contribution is 0.659. The molecule has 0 aromatic heterocycles. The third-order valence-electron chi connectivity index (χ3n) is 11.9. The highest BCUT2D eigenvalue weighted by Gasteiger charge is 2.38. The molecule has 256 valence electrons. The van der Waals surface area contributed by atoms with Gasteiger partial charge in [0.15, 0.2) is 0 Å². The minimum absolute atomic E-state index is 0.0685. The van der Waals surface area contributed by atoms with E-state index >= 15 is 0 Å². The predicted molar refractivity (Wildman–Crippen MR) is 223 cm³/mol. The molecule has 0 amide bonds. The smallest absolute Gasteiger partial charge is 0.0629 e. The van der Waals surface area contributed by atoms with E-state index in [1.165, 1.54) is 72.8 Å². The van der Waals surface area contributed by atoms with Crippen LogP contribution in [0.2, 0.25) is 0 Å². The molecule has 0 saturated carbocycles. The van der Waals surface area contributed by atoms with Crippen molar-refractivity contribution in [3.05, 3.63) is 210 Å². The maximum atomic E-state index is 2.56. The minimum atomic E-state index is -0.0685. The van der Waals surface area contributed by atoms with E-state index in [1.54, 1.807) is 0 Å². The fourth-order valence-corrected chi connectivity index (χ4v) is 9.27. The quantitative estimate of drug-likeness (QED) is 0.173. The Morgan fingerprint density at radius 1 is 0.604 bits per heavy atom. The SMILES string of the molecule is CC1(C)c2ccccc2-c2ccc(N(c3ccc(-c4ccc5c(c4)C4C=CC=CC4N5c4ccccc4)cc3)C3C=C(c4ccccc4)C=CC3)cc21. The van der Waals surface area contributed by atoms with Crippen LogP contribution in [-0.2, 0) is 5.41 Å². The Hall–Kier alpha value is -6.12. The molecule has 6 aromatic carbocycles. The third-order valence-corrected chi connectivity index (χ3v) is 11.9. The summed E-state index contributed by atoms with van der Waals surface area (Å²) in [5.41, 5.74) is 16.8. The molecule has 0 saturated heterocycles. The predicted octanol–water partition coefficient (Wildman–Crippen LogP) is 12.9. The van der Waals surface area contributed by atoms with Crippen molar-refractivity contribution in [2.75, 3.05) is 9.80 Å². The normalized spacial score (nSPS) is 20.0. The van der Waals surface area contributed by atoms with Crippen molar-refractivity contribution in [2.24, 2.45) is 0 Å². The molecule has 53 heavy (non-hydrogen) atoms. The van der Waals surface area contributed by atoms with Gasteiger partial charge in [0.05, 0.1) is 12.1 Å². The van der Waals surface area contributed by atoms with Crippen LogP contribution in [0.3, 0.4) is 0 Å². The Labute approximate surface area is 313 Å². The Kier molecular flexibility index (Phi) is 7.47. The summed E-state index contributed by atoms with van der Waals surface area (Å²) in [6.07, 6.45) is 17.1. The van der Waals surface area contributed by atoms with E-state index in [9.17, 15) is 0 Å². The maximum Gasteiger partial charge on any atom is 0.0629 e. The average molecular weight is 683 g/mol. The van der Waals surface area contributed by atoms with Crippen molar-refractivity contribution in [3.63, 3.8) is 0 Å². The number of para-hydroxylation sites is 1. The first kappa shape index (κ1) is 31.6. The average Bonchev–Trinajstić information content (AvgIpc) is 3.67. The van der Waals surface area contributed by atoms with Gasteiger partial charge in [0.2, 0.25) is 0 Å². The van der Waals surface area contributed by atoms with Crippen LogP contribution < -0.4 is 9.80 Å². The number of hydrogen-bond acceptors (Lipinski definition) is 2. The zero-order valence-electron chi connectivity index (χ0n) is 30.2. The zero-order valence-corrected chi connectivity index (χ0v) is 30.2. The van der Waals surface area contributed by atoms with Crippen LogP contribution in [0.15, 0.2) is 188 Å². The Balaban J connectivity index is 1.04. The summed E-state index contributed by atoms with van der Waals surface area (Å²) >= 11 is 0. The molecule has 1 heterocycles. The maximum absolute atomic E-state index is 2.56. The molecule has 2 heteroatoms. The van der Waals surface area contributed by atoms with Crippen molar-refractivity contribution in [3.8, 4) is 22.3 Å². The van der Waals surface area contributed by atoms with Crippen LogP contribution in [0.5, 0.6) is 0 Å². The summed E-state index contributed by atoms with van der Waals surface area (Å²) < 4.78 is 0. The second-order valence-electron chi connectivity index (χ2n) is 15.3. The molecule has 3 atom stereocenters. The van der Waals surface area contributed by atoms with Crippen molar-refractivity contribution in [1.82, 2.24) is 0 Å². The summed E-state index contributed by atoms with van der Waals surface area (Å²) in [5.74, 6) is 0.324. The monoisotopic (exact) mass is 682 g/mol. The summed E-state index contributed by atoms with van der Waals surface area (Å²) in [6.45, 7) is 4.74. The second-order valence-corrected chi connectivity index (χ2v) is 15.3. The van der Waals surface area contributed by atoms with Gasteiger partial charge in [-0.3, -0.25) is 0 Å². The molecule has 0 spiro atoms. The summed E-state index contributed by atoms with van der Waals surface area (Å²) in [5, 5.41) is 0. The fourth-order valence-electron chi connectivity index (χ4n) is 9.27. The highest BCUT2D eigenvalue weighted by Crippen LogP contribution is 2.51. The van der Waals surface area contributed by atoms with Gasteiger partial charge in [-0.25, -0.2) is 0 Å². The number of allylic oxidation sites excluding steroid dienone is 4. The molecule has 0 bridgehead atoms. The van der Waals surface area contributed by atoms with Crippen LogP contribution in [0.4, 0.5) is 22.7 Å². The van der Waals surface area contributed by atoms with Crippen LogP contribution in [-0.4, -0.2) is 12.1 Å². The molecule has 4 aliphatic rings. The molecule has 3 unspecified atom stereocenters. The minimum Gasteiger partial charge on any atom is -0.334 e. The molecule has 2 nitrogen and oxygen atoms in total. The van der Waals surface area contributed by atoms with E-state index in [1.807, 2.05) is 0 Å². The summed E-state index contributed by atoms with van der Waals surface area (Å²) in [4.78, 5) is 5.05. The molecule has 0 fully saturated rings. The highest BCUT2D eigenvalue weighted by atomic mass is 15.2. The van der Waals surface area contributed by atoms with Gasteiger partial charge in [-0.05, 0) is 105 Å². The van der Waals surface area contributed by atoms with Gasteiger partial charge in [0.1, 0.15) is 0 Å². The number of fused-ring (bicyclic) bond motifs is 6. The van der Waals surface area contributed by atoms with Gasteiger partial charge in [0, 0.05) is 34.1 Å². The van der Waals surface area contributed by atoms with E-state index in [4.69, 9.17) is 0 Å². The van der Waals surface area contributed by atoms with E-state index in [2.05, 4.69) is 212 Å². The van der Waals surface area contributed by atoms with Crippen LogP contribution in [0, 0.1) is 0 Å². The van der Waals surface area contributed by atoms with E-state index in [-0.39, 0.29) is 17.5 Å². The fraction of sp³-hybridized carbons (Fsp3) is 0.137. The van der Waals surface area contributed by atoms with E-state index in [0.29, 0.717) is 5.92 Å². The molecular formula is C51H42N2. The van der Waals surface area contributed by atoms with Crippen molar-refractivity contribution < 1.29 is 0 Å². The first-order chi connectivity index (χ1) is 26.0. The summed E-state index contributed by atoms with van der Waals surface area (Å²) in [6, 6.07) is 54.4. The number of rotatable bonds is 6.